The summed E-state index contributed by atoms with van der Waals surface area (Å²) in [7, 11) is 0. The summed E-state index contributed by atoms with van der Waals surface area (Å²) in [6, 6.07) is 4.19. The first-order valence-corrected chi connectivity index (χ1v) is 6.27. The topological polar surface area (TPSA) is 96.9 Å². The molecule has 0 saturated heterocycles. The average Bonchev–Trinajstić information content (AvgIpc) is 2.84. The number of carboxylic acids is 1. The lowest BCUT2D eigenvalue weighted by Crippen LogP contribution is -2.38. The SMILES string of the molecule is CCC(CC(=O)O)NC(=O)Nc1ccc2c(c1)OCO2. The van der Waals surface area contributed by atoms with Crippen LogP contribution in [-0.4, -0.2) is 29.9 Å². The molecule has 1 aromatic rings. The number of benzene rings is 1. The summed E-state index contributed by atoms with van der Waals surface area (Å²) in [4.78, 5) is 22.4. The van der Waals surface area contributed by atoms with Crippen LogP contribution >= 0.6 is 0 Å². The molecule has 1 aliphatic heterocycles. The molecular formula is C13H16N2O5. The van der Waals surface area contributed by atoms with Gasteiger partial charge < -0.3 is 25.2 Å². The monoisotopic (exact) mass is 280 g/mol. The van der Waals surface area contributed by atoms with Gasteiger partial charge in [0.2, 0.25) is 6.79 Å². The molecule has 7 nitrogen and oxygen atoms in total. The first-order valence-electron chi connectivity index (χ1n) is 6.27. The highest BCUT2D eigenvalue weighted by molar-refractivity contribution is 5.90. The molecule has 0 saturated carbocycles. The number of hydrogen-bond acceptors (Lipinski definition) is 4. The molecule has 1 unspecified atom stereocenters. The summed E-state index contributed by atoms with van der Waals surface area (Å²) in [5, 5.41) is 14.0. The van der Waals surface area contributed by atoms with E-state index in [2.05, 4.69) is 10.6 Å². The highest BCUT2D eigenvalue weighted by atomic mass is 16.7. The summed E-state index contributed by atoms with van der Waals surface area (Å²) >= 11 is 0. The molecule has 0 spiro atoms. The van der Waals surface area contributed by atoms with Crippen molar-refractivity contribution >= 4 is 17.7 Å². The lowest BCUT2D eigenvalue weighted by Gasteiger charge is -2.15. The van der Waals surface area contributed by atoms with Crippen molar-refractivity contribution in [1.29, 1.82) is 0 Å². The minimum absolute atomic E-state index is 0.106. The smallest absolute Gasteiger partial charge is 0.319 e. The Balaban J connectivity index is 1.92. The number of urea groups is 1. The third kappa shape index (κ3) is 3.53. The number of aliphatic carboxylic acids is 1. The second-order valence-electron chi connectivity index (χ2n) is 4.37. The maximum Gasteiger partial charge on any atom is 0.319 e. The molecule has 0 aliphatic carbocycles. The van der Waals surface area contributed by atoms with Crippen molar-refractivity contribution in [2.45, 2.75) is 25.8 Å². The second-order valence-corrected chi connectivity index (χ2v) is 4.37. The van der Waals surface area contributed by atoms with Gasteiger partial charge in [-0.25, -0.2) is 4.79 Å². The van der Waals surface area contributed by atoms with Crippen molar-refractivity contribution in [3.63, 3.8) is 0 Å². The third-order valence-corrected chi connectivity index (χ3v) is 2.88. The van der Waals surface area contributed by atoms with Crippen LogP contribution in [0.4, 0.5) is 10.5 Å². The van der Waals surface area contributed by atoms with Crippen molar-refractivity contribution in [1.82, 2.24) is 5.32 Å². The Bertz CT molecular complexity index is 517. The third-order valence-electron chi connectivity index (χ3n) is 2.88. The molecule has 1 atom stereocenters. The van der Waals surface area contributed by atoms with E-state index in [1.165, 1.54) is 0 Å². The summed E-state index contributed by atoms with van der Waals surface area (Å²) in [6.45, 7) is 1.98. The summed E-state index contributed by atoms with van der Waals surface area (Å²) < 4.78 is 10.4. The zero-order valence-electron chi connectivity index (χ0n) is 11.0. The largest absolute Gasteiger partial charge is 0.481 e. The second kappa shape index (κ2) is 6.14. The number of rotatable bonds is 5. The first kappa shape index (κ1) is 14.0. The molecule has 3 N–H and O–H groups in total. The van der Waals surface area contributed by atoms with Gasteiger partial charge in [-0.05, 0) is 18.6 Å². The summed E-state index contributed by atoms with van der Waals surface area (Å²) in [5.74, 6) is 0.258. The van der Waals surface area contributed by atoms with E-state index in [4.69, 9.17) is 14.6 Å². The van der Waals surface area contributed by atoms with E-state index < -0.39 is 18.0 Å². The fraction of sp³-hybridized carbons (Fsp3) is 0.385. The molecule has 0 aromatic heterocycles. The molecule has 1 aliphatic rings. The van der Waals surface area contributed by atoms with Crippen LogP contribution < -0.4 is 20.1 Å². The van der Waals surface area contributed by atoms with Crippen LogP contribution in [0.3, 0.4) is 0 Å². The van der Waals surface area contributed by atoms with Crippen molar-refractivity contribution in [3.8, 4) is 11.5 Å². The Hall–Kier alpha value is -2.44. The molecule has 0 bridgehead atoms. The van der Waals surface area contributed by atoms with E-state index in [0.717, 1.165) is 0 Å². The number of fused-ring (bicyclic) bond motifs is 1. The molecular weight excluding hydrogens is 264 g/mol. The maximum atomic E-state index is 11.8. The molecule has 20 heavy (non-hydrogen) atoms. The van der Waals surface area contributed by atoms with Gasteiger partial charge in [-0.3, -0.25) is 4.79 Å². The van der Waals surface area contributed by atoms with Crippen LogP contribution in [0.2, 0.25) is 0 Å². The van der Waals surface area contributed by atoms with Crippen LogP contribution in [0.25, 0.3) is 0 Å². The van der Waals surface area contributed by atoms with Gasteiger partial charge >= 0.3 is 12.0 Å². The molecule has 2 rings (SSSR count). The van der Waals surface area contributed by atoms with E-state index in [0.29, 0.717) is 23.6 Å². The Morgan fingerprint density at radius 2 is 2.10 bits per heavy atom. The summed E-state index contributed by atoms with van der Waals surface area (Å²) in [6.07, 6.45) is 0.436. The van der Waals surface area contributed by atoms with Gasteiger partial charge in [0.05, 0.1) is 6.42 Å². The maximum absolute atomic E-state index is 11.8. The Kier molecular flexibility index (Phi) is 4.29. The van der Waals surface area contributed by atoms with Gasteiger partial charge in [0.1, 0.15) is 0 Å². The highest BCUT2D eigenvalue weighted by Crippen LogP contribution is 2.34. The van der Waals surface area contributed by atoms with Crippen LogP contribution in [0, 0.1) is 0 Å². The Morgan fingerprint density at radius 3 is 2.80 bits per heavy atom. The lowest BCUT2D eigenvalue weighted by atomic mass is 10.1. The zero-order valence-corrected chi connectivity index (χ0v) is 11.0. The van der Waals surface area contributed by atoms with Crippen LogP contribution in [0.1, 0.15) is 19.8 Å². The van der Waals surface area contributed by atoms with Crippen LogP contribution in [0.15, 0.2) is 18.2 Å². The summed E-state index contributed by atoms with van der Waals surface area (Å²) in [5.41, 5.74) is 0.553. The van der Waals surface area contributed by atoms with E-state index in [-0.39, 0.29) is 13.2 Å². The first-order chi connectivity index (χ1) is 9.58. The Labute approximate surface area is 115 Å². The molecule has 7 heteroatoms. The molecule has 0 fully saturated rings. The fourth-order valence-corrected chi connectivity index (χ4v) is 1.84. The fourth-order valence-electron chi connectivity index (χ4n) is 1.84. The van der Waals surface area contributed by atoms with Crippen molar-refractivity contribution in [2.75, 3.05) is 12.1 Å². The van der Waals surface area contributed by atoms with Gasteiger partial charge in [0.15, 0.2) is 11.5 Å². The lowest BCUT2D eigenvalue weighted by molar-refractivity contribution is -0.137. The predicted molar refractivity (Wildman–Crippen MR) is 71.1 cm³/mol. The van der Waals surface area contributed by atoms with Gasteiger partial charge in [-0.2, -0.15) is 0 Å². The minimum atomic E-state index is -0.944. The minimum Gasteiger partial charge on any atom is -0.481 e. The van der Waals surface area contributed by atoms with Crippen LogP contribution in [0.5, 0.6) is 11.5 Å². The molecule has 0 radical (unpaired) electrons. The number of nitrogens with one attached hydrogen (secondary N) is 2. The predicted octanol–water partition coefficient (Wildman–Crippen LogP) is 1.79. The normalized spacial score (nSPS) is 13.7. The van der Waals surface area contributed by atoms with Crippen molar-refractivity contribution in [2.24, 2.45) is 0 Å². The Morgan fingerprint density at radius 1 is 1.35 bits per heavy atom. The standard InChI is InChI=1S/C13H16N2O5/c1-2-8(6-12(16)17)14-13(18)15-9-3-4-10-11(5-9)20-7-19-10/h3-5,8H,2,6-7H2,1H3,(H,16,17)(H2,14,15,18). The number of carbonyl (C=O) groups excluding carboxylic acids is 1. The number of ether oxygens (including phenoxy) is 2. The number of hydrogen-bond donors (Lipinski definition) is 3. The van der Waals surface area contributed by atoms with Crippen molar-refractivity contribution in [3.05, 3.63) is 18.2 Å². The number of carbonyl (C=O) groups is 2. The highest BCUT2D eigenvalue weighted by Gasteiger charge is 2.16. The van der Waals surface area contributed by atoms with E-state index in [1.807, 2.05) is 6.92 Å². The average molecular weight is 280 g/mol. The van der Waals surface area contributed by atoms with Gasteiger partial charge in [-0.1, -0.05) is 6.92 Å². The van der Waals surface area contributed by atoms with Gasteiger partial charge in [-0.15, -0.1) is 0 Å². The van der Waals surface area contributed by atoms with E-state index in [9.17, 15) is 9.59 Å². The van der Waals surface area contributed by atoms with Crippen LogP contribution in [-0.2, 0) is 4.79 Å². The molecule has 1 aromatic carbocycles. The van der Waals surface area contributed by atoms with E-state index >= 15 is 0 Å². The van der Waals surface area contributed by atoms with Gasteiger partial charge in [0, 0.05) is 17.8 Å². The molecule has 2 amide bonds. The number of anilines is 1. The zero-order chi connectivity index (χ0) is 14.5. The number of amides is 2. The van der Waals surface area contributed by atoms with E-state index in [1.54, 1.807) is 18.2 Å². The molecule has 1 heterocycles. The van der Waals surface area contributed by atoms with Gasteiger partial charge in [0.25, 0.3) is 0 Å². The quantitative estimate of drug-likeness (QED) is 0.764. The number of carboxylic acid groups (broad SMARTS) is 1. The van der Waals surface area contributed by atoms with Crippen molar-refractivity contribution < 1.29 is 24.2 Å². The molecule has 108 valence electrons.